The molecule has 2 rings (SSSR count). The average Bonchev–Trinajstić information content (AvgIpc) is 3.07. The maximum Gasteiger partial charge on any atom is 0.408 e. The number of nitrogens with one attached hydrogen (secondary N) is 2. The first kappa shape index (κ1) is 19.6. The number of carbonyl (C=O) groups is 2. The van der Waals surface area contributed by atoms with E-state index in [-0.39, 0.29) is 24.5 Å². The highest BCUT2D eigenvalue weighted by atomic mass is 16.5. The molecule has 1 heterocycles. The standard InChI is InChI=1S/C19H26N4O3/c1-14(2)10-17(18(24)21-16-8-9-23(11-16)13-20)22-19(25)26-12-15-6-4-3-5-7-15/h3-7,14,16-17H,8-12H2,1-2H3,(H,21,24)(H,22,25). The molecular weight excluding hydrogens is 332 g/mol. The molecule has 1 aliphatic heterocycles. The number of carbonyl (C=O) groups excluding carboxylic acids is 2. The second kappa shape index (κ2) is 9.66. The molecule has 7 heteroatoms. The van der Waals surface area contributed by atoms with Crippen LogP contribution in [0.15, 0.2) is 30.3 Å². The molecule has 0 aromatic heterocycles. The van der Waals surface area contributed by atoms with Crippen LogP contribution in [0.5, 0.6) is 0 Å². The molecule has 0 bridgehead atoms. The van der Waals surface area contributed by atoms with Crippen LogP contribution in [0.2, 0.25) is 0 Å². The van der Waals surface area contributed by atoms with Crippen molar-refractivity contribution in [2.24, 2.45) is 5.92 Å². The molecule has 1 aromatic rings. The number of rotatable bonds is 7. The van der Waals surface area contributed by atoms with Crippen LogP contribution in [0, 0.1) is 17.4 Å². The van der Waals surface area contributed by atoms with Crippen molar-refractivity contribution in [3.8, 4) is 6.19 Å². The molecule has 1 aromatic carbocycles. The van der Waals surface area contributed by atoms with Gasteiger partial charge in [-0.15, -0.1) is 0 Å². The second-order valence-corrected chi connectivity index (χ2v) is 6.93. The van der Waals surface area contributed by atoms with Gasteiger partial charge in [-0.3, -0.25) is 4.79 Å². The number of likely N-dealkylation sites (tertiary alicyclic amines) is 1. The number of nitriles is 1. The van der Waals surface area contributed by atoms with Gasteiger partial charge < -0.3 is 20.3 Å². The Balaban J connectivity index is 1.86. The Morgan fingerprint density at radius 2 is 2.08 bits per heavy atom. The van der Waals surface area contributed by atoms with Crippen molar-refractivity contribution < 1.29 is 14.3 Å². The summed E-state index contributed by atoms with van der Waals surface area (Å²) in [7, 11) is 0. The summed E-state index contributed by atoms with van der Waals surface area (Å²) in [6.07, 6.45) is 2.72. The Morgan fingerprint density at radius 1 is 1.35 bits per heavy atom. The largest absolute Gasteiger partial charge is 0.445 e. The highest BCUT2D eigenvalue weighted by Crippen LogP contribution is 2.10. The summed E-state index contributed by atoms with van der Waals surface area (Å²) in [5.41, 5.74) is 0.884. The van der Waals surface area contributed by atoms with Crippen LogP contribution < -0.4 is 10.6 Å². The number of hydrogen-bond acceptors (Lipinski definition) is 5. The van der Waals surface area contributed by atoms with Crippen molar-refractivity contribution in [3.05, 3.63) is 35.9 Å². The molecule has 0 spiro atoms. The molecule has 1 aliphatic rings. The first-order valence-corrected chi connectivity index (χ1v) is 8.90. The molecule has 2 N–H and O–H groups in total. The van der Waals surface area contributed by atoms with Gasteiger partial charge in [0.1, 0.15) is 12.6 Å². The van der Waals surface area contributed by atoms with E-state index >= 15 is 0 Å². The van der Waals surface area contributed by atoms with Crippen LogP contribution in [0.4, 0.5) is 4.79 Å². The first-order chi connectivity index (χ1) is 12.5. The lowest BCUT2D eigenvalue weighted by molar-refractivity contribution is -0.124. The molecule has 7 nitrogen and oxygen atoms in total. The molecule has 1 fully saturated rings. The van der Waals surface area contributed by atoms with E-state index in [4.69, 9.17) is 10.00 Å². The number of amides is 2. The van der Waals surface area contributed by atoms with Crippen LogP contribution in [0.1, 0.15) is 32.3 Å². The van der Waals surface area contributed by atoms with Crippen LogP contribution in [0.3, 0.4) is 0 Å². The molecule has 0 aliphatic carbocycles. The summed E-state index contributed by atoms with van der Waals surface area (Å²) in [5.74, 6) is -0.000454. The minimum absolute atomic E-state index is 0.0704. The van der Waals surface area contributed by atoms with Gasteiger partial charge in [0.05, 0.1) is 0 Å². The fourth-order valence-corrected chi connectivity index (χ4v) is 2.88. The predicted molar refractivity (Wildman–Crippen MR) is 96.7 cm³/mol. The molecule has 2 amide bonds. The monoisotopic (exact) mass is 358 g/mol. The zero-order valence-corrected chi connectivity index (χ0v) is 15.3. The van der Waals surface area contributed by atoms with Crippen molar-refractivity contribution in [1.29, 1.82) is 5.26 Å². The van der Waals surface area contributed by atoms with E-state index in [1.807, 2.05) is 44.2 Å². The quantitative estimate of drug-likeness (QED) is 0.727. The molecule has 0 saturated carbocycles. The van der Waals surface area contributed by atoms with Gasteiger partial charge in [-0.1, -0.05) is 44.2 Å². The Hall–Kier alpha value is -2.75. The van der Waals surface area contributed by atoms with Crippen molar-refractivity contribution in [1.82, 2.24) is 15.5 Å². The first-order valence-electron chi connectivity index (χ1n) is 8.90. The maximum absolute atomic E-state index is 12.6. The van der Waals surface area contributed by atoms with E-state index in [0.717, 1.165) is 12.0 Å². The van der Waals surface area contributed by atoms with Crippen LogP contribution in [0.25, 0.3) is 0 Å². The summed E-state index contributed by atoms with van der Waals surface area (Å²) < 4.78 is 5.21. The lowest BCUT2D eigenvalue weighted by Crippen LogP contribution is -2.50. The van der Waals surface area contributed by atoms with Gasteiger partial charge in [0, 0.05) is 19.1 Å². The third kappa shape index (κ3) is 6.28. The second-order valence-electron chi connectivity index (χ2n) is 6.93. The van der Waals surface area contributed by atoms with Gasteiger partial charge in [-0.2, -0.15) is 5.26 Å². The minimum atomic E-state index is -0.658. The lowest BCUT2D eigenvalue weighted by atomic mass is 10.0. The van der Waals surface area contributed by atoms with E-state index in [1.54, 1.807) is 4.90 Å². The Labute approximate surface area is 154 Å². The molecule has 26 heavy (non-hydrogen) atoms. The summed E-state index contributed by atoms with van der Waals surface area (Å²) in [6, 6.07) is 8.64. The fourth-order valence-electron chi connectivity index (χ4n) is 2.88. The number of alkyl carbamates (subject to hydrolysis) is 1. The van der Waals surface area contributed by atoms with E-state index in [9.17, 15) is 9.59 Å². The van der Waals surface area contributed by atoms with Crippen LogP contribution >= 0.6 is 0 Å². The highest BCUT2D eigenvalue weighted by Gasteiger charge is 2.28. The lowest BCUT2D eigenvalue weighted by Gasteiger charge is -2.22. The van der Waals surface area contributed by atoms with Gasteiger partial charge in [0.15, 0.2) is 6.19 Å². The van der Waals surface area contributed by atoms with Gasteiger partial charge >= 0.3 is 6.09 Å². The zero-order chi connectivity index (χ0) is 18.9. The Bertz CT molecular complexity index is 642. The minimum Gasteiger partial charge on any atom is -0.445 e. The SMILES string of the molecule is CC(C)CC(NC(=O)OCc1ccccc1)C(=O)NC1CCN(C#N)C1. The van der Waals surface area contributed by atoms with E-state index in [0.29, 0.717) is 19.5 Å². The molecule has 1 saturated heterocycles. The fraction of sp³-hybridized carbons (Fsp3) is 0.526. The normalized spacial score (nSPS) is 17.5. The summed E-state index contributed by atoms with van der Waals surface area (Å²) in [6.45, 7) is 5.29. The molecule has 0 radical (unpaired) electrons. The smallest absolute Gasteiger partial charge is 0.408 e. The number of benzene rings is 1. The summed E-state index contributed by atoms with van der Waals surface area (Å²) in [5, 5.41) is 14.5. The van der Waals surface area contributed by atoms with E-state index in [1.165, 1.54) is 0 Å². The highest BCUT2D eigenvalue weighted by molar-refractivity contribution is 5.85. The molecule has 140 valence electrons. The summed E-state index contributed by atoms with van der Waals surface area (Å²) in [4.78, 5) is 26.3. The number of hydrogen-bond donors (Lipinski definition) is 2. The van der Waals surface area contributed by atoms with Crippen molar-refractivity contribution >= 4 is 12.0 Å². The van der Waals surface area contributed by atoms with Crippen LogP contribution in [-0.2, 0) is 16.1 Å². The molecule has 2 atom stereocenters. The molecular formula is C19H26N4O3. The van der Waals surface area contributed by atoms with Crippen LogP contribution in [-0.4, -0.2) is 42.1 Å². The van der Waals surface area contributed by atoms with Gasteiger partial charge in [0.2, 0.25) is 5.91 Å². The average molecular weight is 358 g/mol. The van der Waals surface area contributed by atoms with E-state index < -0.39 is 12.1 Å². The van der Waals surface area contributed by atoms with Crippen molar-refractivity contribution in [3.63, 3.8) is 0 Å². The van der Waals surface area contributed by atoms with Gasteiger partial charge in [-0.05, 0) is 24.3 Å². The number of ether oxygens (including phenoxy) is 1. The number of nitrogens with zero attached hydrogens (tertiary/aromatic N) is 2. The Kier molecular flexibility index (Phi) is 7.27. The summed E-state index contributed by atoms with van der Waals surface area (Å²) >= 11 is 0. The topological polar surface area (TPSA) is 94.5 Å². The van der Waals surface area contributed by atoms with Crippen molar-refractivity contribution in [2.75, 3.05) is 13.1 Å². The van der Waals surface area contributed by atoms with Crippen molar-refractivity contribution in [2.45, 2.75) is 45.4 Å². The third-order valence-corrected chi connectivity index (χ3v) is 4.20. The van der Waals surface area contributed by atoms with Gasteiger partial charge in [0.25, 0.3) is 0 Å². The third-order valence-electron chi connectivity index (χ3n) is 4.20. The molecule has 2 unspecified atom stereocenters. The van der Waals surface area contributed by atoms with Gasteiger partial charge in [-0.25, -0.2) is 4.79 Å². The zero-order valence-electron chi connectivity index (χ0n) is 15.3. The maximum atomic E-state index is 12.6. The predicted octanol–water partition coefficient (Wildman–Crippen LogP) is 2.00. The van der Waals surface area contributed by atoms with E-state index in [2.05, 4.69) is 16.8 Å². The Morgan fingerprint density at radius 3 is 2.69 bits per heavy atom.